The highest BCUT2D eigenvalue weighted by Crippen LogP contribution is 2.22. The van der Waals surface area contributed by atoms with Gasteiger partial charge < -0.3 is 30.5 Å². The molecule has 5 atom stereocenters. The summed E-state index contributed by atoms with van der Waals surface area (Å²) in [6.45, 7) is 1.45. The molecule has 0 aliphatic carbocycles. The lowest BCUT2D eigenvalue weighted by Gasteiger charge is -2.38. The summed E-state index contributed by atoms with van der Waals surface area (Å²) in [6.07, 6.45) is -7.16. The third kappa shape index (κ3) is 2.97. The summed E-state index contributed by atoms with van der Waals surface area (Å²) in [5, 5.41) is 40.8. The predicted molar refractivity (Wildman–Crippen MR) is 69.0 cm³/mol. The summed E-state index contributed by atoms with van der Waals surface area (Å²) >= 11 is 0. The fraction of sp³-hybridized carbons (Fsp3) is 0.462. The monoisotopic (exact) mass is 283 g/mol. The fourth-order valence-electron chi connectivity index (χ4n) is 1.95. The zero-order chi connectivity index (χ0) is 14.9. The molecule has 110 valence electrons. The molecule has 2 rings (SSSR count). The first-order valence-corrected chi connectivity index (χ1v) is 6.15. The van der Waals surface area contributed by atoms with Crippen LogP contribution < -0.4 is 5.32 Å². The maximum atomic E-state index is 11.1. The van der Waals surface area contributed by atoms with Gasteiger partial charge in [0.2, 0.25) is 0 Å². The molecule has 7 nitrogen and oxygen atoms in total. The maximum Gasteiger partial charge on any atom is 0.186 e. The number of ketones is 1. The van der Waals surface area contributed by atoms with Crippen molar-refractivity contribution >= 4 is 11.5 Å². The van der Waals surface area contributed by atoms with Gasteiger partial charge in [0, 0.05) is 11.3 Å². The van der Waals surface area contributed by atoms with Gasteiger partial charge in [-0.3, -0.25) is 4.79 Å². The Balaban J connectivity index is 2.07. The fourth-order valence-corrected chi connectivity index (χ4v) is 1.95. The number of ether oxygens (including phenoxy) is 1. The topological polar surface area (TPSA) is 119 Å². The van der Waals surface area contributed by atoms with Gasteiger partial charge in [-0.1, -0.05) is 0 Å². The Morgan fingerprint density at radius 1 is 1.05 bits per heavy atom. The predicted octanol–water partition coefficient (Wildman–Crippen LogP) is -0.942. The third-order valence-corrected chi connectivity index (χ3v) is 3.19. The van der Waals surface area contributed by atoms with E-state index in [-0.39, 0.29) is 5.78 Å². The molecule has 0 spiro atoms. The molecule has 0 bridgehead atoms. The molecule has 0 amide bonds. The maximum absolute atomic E-state index is 11.1. The summed E-state index contributed by atoms with van der Waals surface area (Å²) in [6, 6.07) is 6.41. The molecule has 7 heteroatoms. The van der Waals surface area contributed by atoms with E-state index < -0.39 is 30.8 Å². The normalized spacial score (nSPS) is 33.8. The molecule has 1 fully saturated rings. The van der Waals surface area contributed by atoms with Crippen molar-refractivity contribution in [2.75, 3.05) is 5.32 Å². The molecule has 1 aromatic rings. The molecule has 1 heterocycles. The first-order valence-electron chi connectivity index (χ1n) is 6.15. The quantitative estimate of drug-likeness (QED) is 0.454. The average molecular weight is 283 g/mol. The van der Waals surface area contributed by atoms with Gasteiger partial charge >= 0.3 is 0 Å². The molecule has 0 unspecified atom stereocenters. The second-order valence-electron chi connectivity index (χ2n) is 4.70. The number of hydrogen-bond acceptors (Lipinski definition) is 7. The van der Waals surface area contributed by atoms with E-state index in [1.54, 1.807) is 24.3 Å². The first kappa shape index (κ1) is 14.9. The SMILES string of the molecule is CC(=O)c1ccc(N[C@@H]2O[C@H](O)[C@H](O)[C@H](O)[C@H]2O)cc1. The van der Waals surface area contributed by atoms with Crippen LogP contribution in [0.5, 0.6) is 0 Å². The van der Waals surface area contributed by atoms with E-state index in [1.807, 2.05) is 0 Å². The molecular formula is C13H17NO6. The number of hydrogen-bond donors (Lipinski definition) is 5. The van der Waals surface area contributed by atoms with E-state index in [1.165, 1.54) is 6.92 Å². The molecule has 1 saturated heterocycles. The van der Waals surface area contributed by atoms with Crippen molar-refractivity contribution in [3.8, 4) is 0 Å². The van der Waals surface area contributed by atoms with Gasteiger partial charge in [0.1, 0.15) is 18.3 Å². The van der Waals surface area contributed by atoms with Crippen molar-refractivity contribution in [1.82, 2.24) is 0 Å². The number of aliphatic hydroxyl groups is 4. The number of benzene rings is 1. The number of Topliss-reactive ketones (excluding diaryl/α,β-unsaturated/α-hetero) is 1. The number of carbonyl (C=O) groups is 1. The second-order valence-corrected chi connectivity index (χ2v) is 4.70. The van der Waals surface area contributed by atoms with E-state index in [4.69, 9.17) is 4.74 Å². The minimum absolute atomic E-state index is 0.0699. The highest BCUT2D eigenvalue weighted by atomic mass is 16.6. The molecular weight excluding hydrogens is 266 g/mol. The highest BCUT2D eigenvalue weighted by Gasteiger charge is 2.42. The van der Waals surface area contributed by atoms with Crippen molar-refractivity contribution in [2.24, 2.45) is 0 Å². The minimum Gasteiger partial charge on any atom is -0.387 e. The molecule has 5 N–H and O–H groups in total. The average Bonchev–Trinajstić information content (AvgIpc) is 2.43. The molecule has 1 aromatic carbocycles. The van der Waals surface area contributed by atoms with Crippen molar-refractivity contribution in [3.63, 3.8) is 0 Å². The summed E-state index contributed by atoms with van der Waals surface area (Å²) in [4.78, 5) is 11.1. The Morgan fingerprint density at radius 3 is 2.20 bits per heavy atom. The van der Waals surface area contributed by atoms with Gasteiger partial charge in [0.25, 0.3) is 0 Å². The van der Waals surface area contributed by atoms with Crippen LogP contribution in [-0.4, -0.2) is 57.0 Å². The lowest BCUT2D eigenvalue weighted by molar-refractivity contribution is -0.275. The van der Waals surface area contributed by atoms with Crippen LogP contribution in [0.2, 0.25) is 0 Å². The van der Waals surface area contributed by atoms with Crippen LogP contribution in [0.3, 0.4) is 0 Å². The Hall–Kier alpha value is -1.51. The zero-order valence-electron chi connectivity index (χ0n) is 10.8. The van der Waals surface area contributed by atoms with Gasteiger partial charge in [-0.15, -0.1) is 0 Å². The Bertz CT molecular complexity index is 476. The molecule has 1 aliphatic rings. The number of aliphatic hydroxyl groups excluding tert-OH is 4. The van der Waals surface area contributed by atoms with Crippen LogP contribution in [0.15, 0.2) is 24.3 Å². The molecule has 0 radical (unpaired) electrons. The first-order chi connectivity index (χ1) is 9.40. The molecule has 0 saturated carbocycles. The van der Waals surface area contributed by atoms with Crippen LogP contribution in [0, 0.1) is 0 Å². The second kappa shape index (κ2) is 5.86. The number of nitrogens with one attached hydrogen (secondary N) is 1. The van der Waals surface area contributed by atoms with Gasteiger partial charge in [0.05, 0.1) is 0 Å². The molecule has 20 heavy (non-hydrogen) atoms. The van der Waals surface area contributed by atoms with E-state index in [9.17, 15) is 25.2 Å². The lowest BCUT2D eigenvalue weighted by atomic mass is 10.0. The van der Waals surface area contributed by atoms with Crippen LogP contribution in [-0.2, 0) is 4.74 Å². The molecule has 1 aliphatic heterocycles. The van der Waals surface area contributed by atoms with Crippen molar-refractivity contribution < 1.29 is 30.0 Å². The summed E-state index contributed by atoms with van der Waals surface area (Å²) in [5.41, 5.74) is 1.07. The highest BCUT2D eigenvalue weighted by molar-refractivity contribution is 5.94. The van der Waals surface area contributed by atoms with E-state index in [2.05, 4.69) is 5.32 Å². The van der Waals surface area contributed by atoms with Gasteiger partial charge in [-0.2, -0.15) is 0 Å². The van der Waals surface area contributed by atoms with E-state index >= 15 is 0 Å². The van der Waals surface area contributed by atoms with E-state index in [0.29, 0.717) is 11.3 Å². The Morgan fingerprint density at radius 2 is 1.65 bits per heavy atom. The van der Waals surface area contributed by atoms with Crippen LogP contribution >= 0.6 is 0 Å². The number of rotatable bonds is 3. The Kier molecular flexibility index (Phi) is 4.36. The summed E-state index contributed by atoms with van der Waals surface area (Å²) in [5.74, 6) is -0.0699. The largest absolute Gasteiger partial charge is 0.387 e. The lowest BCUT2D eigenvalue weighted by Crippen LogP contribution is -2.59. The number of carbonyl (C=O) groups excluding carboxylic acids is 1. The van der Waals surface area contributed by atoms with E-state index in [0.717, 1.165) is 0 Å². The van der Waals surface area contributed by atoms with Crippen molar-refractivity contribution in [2.45, 2.75) is 37.8 Å². The number of anilines is 1. The summed E-state index contributed by atoms with van der Waals surface area (Å²) < 4.78 is 4.98. The van der Waals surface area contributed by atoms with Crippen LogP contribution in [0.25, 0.3) is 0 Å². The zero-order valence-corrected chi connectivity index (χ0v) is 10.8. The summed E-state index contributed by atoms with van der Waals surface area (Å²) in [7, 11) is 0. The van der Waals surface area contributed by atoms with Gasteiger partial charge in [-0.25, -0.2) is 0 Å². The minimum atomic E-state index is -1.60. The van der Waals surface area contributed by atoms with Gasteiger partial charge in [-0.05, 0) is 31.2 Å². The molecule has 0 aromatic heterocycles. The van der Waals surface area contributed by atoms with Crippen molar-refractivity contribution in [3.05, 3.63) is 29.8 Å². The Labute approximate surface area is 115 Å². The smallest absolute Gasteiger partial charge is 0.186 e. The third-order valence-electron chi connectivity index (χ3n) is 3.19. The van der Waals surface area contributed by atoms with Gasteiger partial charge in [0.15, 0.2) is 18.3 Å². The van der Waals surface area contributed by atoms with Crippen LogP contribution in [0.4, 0.5) is 5.69 Å². The van der Waals surface area contributed by atoms with Crippen LogP contribution in [0.1, 0.15) is 17.3 Å². The standard InChI is InChI=1S/C13H17NO6/c1-6(15)7-2-4-8(5-3-7)14-12-10(17)9(16)11(18)13(19)20-12/h2-5,9-14,16-19H,1H3/t9-,10-,11-,12-,13+/m1/s1. The van der Waals surface area contributed by atoms with Crippen molar-refractivity contribution in [1.29, 1.82) is 0 Å².